The lowest BCUT2D eigenvalue weighted by Crippen LogP contribution is -2.49. The van der Waals surface area contributed by atoms with Gasteiger partial charge in [-0.25, -0.2) is 0 Å². The average Bonchev–Trinajstić information content (AvgIpc) is 2.74. The maximum absolute atomic E-state index is 12.6. The number of benzene rings is 2. The van der Waals surface area contributed by atoms with Crippen molar-refractivity contribution in [2.75, 3.05) is 36.4 Å². The lowest BCUT2D eigenvalue weighted by Gasteiger charge is -2.36. The number of anilines is 2. The number of rotatable bonds is 4. The van der Waals surface area contributed by atoms with E-state index in [9.17, 15) is 9.59 Å². The van der Waals surface area contributed by atoms with E-state index in [1.165, 1.54) is 11.3 Å². The van der Waals surface area contributed by atoms with Gasteiger partial charge in [-0.2, -0.15) is 0 Å². The molecule has 2 heterocycles. The zero-order chi connectivity index (χ0) is 20.2. The Morgan fingerprint density at radius 3 is 2.55 bits per heavy atom. The van der Waals surface area contributed by atoms with Crippen LogP contribution in [-0.4, -0.2) is 47.9 Å². The predicted octanol–water partition coefficient (Wildman–Crippen LogP) is 3.22. The third-order valence-corrected chi connectivity index (χ3v) is 5.22. The van der Waals surface area contributed by atoms with Crippen LogP contribution in [0, 0.1) is 6.92 Å². The normalized spacial score (nSPS) is 14.1. The van der Waals surface area contributed by atoms with Gasteiger partial charge in [0.05, 0.1) is 11.2 Å². The van der Waals surface area contributed by atoms with Gasteiger partial charge in [0.25, 0.3) is 0 Å². The van der Waals surface area contributed by atoms with Gasteiger partial charge in [-0.15, -0.1) is 0 Å². The van der Waals surface area contributed by atoms with E-state index in [2.05, 4.69) is 46.4 Å². The number of fused-ring (bicyclic) bond motifs is 1. The van der Waals surface area contributed by atoms with Gasteiger partial charge in [0.2, 0.25) is 11.8 Å². The number of hydrogen-bond donors (Lipinski definition) is 1. The van der Waals surface area contributed by atoms with Crippen LogP contribution in [-0.2, 0) is 9.59 Å². The summed E-state index contributed by atoms with van der Waals surface area (Å²) in [7, 11) is 0. The van der Waals surface area contributed by atoms with E-state index in [-0.39, 0.29) is 18.2 Å². The van der Waals surface area contributed by atoms with Gasteiger partial charge < -0.3 is 15.1 Å². The largest absolute Gasteiger partial charge is 0.368 e. The molecule has 29 heavy (non-hydrogen) atoms. The number of piperazine rings is 1. The molecule has 1 saturated heterocycles. The molecule has 0 aliphatic carbocycles. The zero-order valence-electron chi connectivity index (χ0n) is 16.5. The fraction of sp³-hybridized carbons (Fsp3) is 0.261. The molecule has 1 fully saturated rings. The van der Waals surface area contributed by atoms with E-state index in [0.717, 1.165) is 24.0 Å². The van der Waals surface area contributed by atoms with Crippen LogP contribution in [0.1, 0.15) is 12.0 Å². The van der Waals surface area contributed by atoms with Gasteiger partial charge in [-0.05, 0) is 36.8 Å². The first kappa shape index (κ1) is 18.9. The van der Waals surface area contributed by atoms with Crippen molar-refractivity contribution in [3.8, 4) is 0 Å². The van der Waals surface area contributed by atoms with Crippen molar-refractivity contribution >= 4 is 34.1 Å². The second kappa shape index (κ2) is 8.31. The maximum atomic E-state index is 12.6. The van der Waals surface area contributed by atoms with Gasteiger partial charge >= 0.3 is 0 Å². The number of carbonyl (C=O) groups is 2. The Kier molecular flexibility index (Phi) is 5.42. The van der Waals surface area contributed by atoms with Crippen LogP contribution in [0.2, 0.25) is 0 Å². The van der Waals surface area contributed by atoms with Crippen LogP contribution in [0.25, 0.3) is 10.9 Å². The van der Waals surface area contributed by atoms with Crippen LogP contribution in [0.4, 0.5) is 11.4 Å². The summed E-state index contributed by atoms with van der Waals surface area (Å²) in [5, 5.41) is 3.78. The molecule has 1 aliphatic rings. The summed E-state index contributed by atoms with van der Waals surface area (Å²) in [5.74, 6) is -0.450. The highest BCUT2D eigenvalue weighted by Crippen LogP contribution is 2.21. The van der Waals surface area contributed by atoms with Crippen LogP contribution in [0.3, 0.4) is 0 Å². The Balaban J connectivity index is 1.33. The van der Waals surface area contributed by atoms with E-state index in [4.69, 9.17) is 0 Å². The van der Waals surface area contributed by atoms with Crippen molar-refractivity contribution in [3.05, 3.63) is 66.4 Å². The summed E-state index contributed by atoms with van der Waals surface area (Å²) < 4.78 is 0. The maximum Gasteiger partial charge on any atom is 0.233 e. The number of aryl methyl sites for hydroxylation is 1. The fourth-order valence-corrected chi connectivity index (χ4v) is 3.69. The summed E-state index contributed by atoms with van der Waals surface area (Å²) in [6.07, 6.45) is 1.53. The fourth-order valence-electron chi connectivity index (χ4n) is 3.69. The number of amides is 2. The molecule has 0 unspecified atom stereocenters. The average molecular weight is 388 g/mol. The van der Waals surface area contributed by atoms with Gasteiger partial charge in [0.15, 0.2) is 0 Å². The molecule has 0 atom stereocenters. The van der Waals surface area contributed by atoms with Crippen molar-refractivity contribution in [1.82, 2.24) is 9.88 Å². The second-order valence-electron chi connectivity index (χ2n) is 7.31. The van der Waals surface area contributed by atoms with Crippen LogP contribution < -0.4 is 10.2 Å². The van der Waals surface area contributed by atoms with Crippen molar-refractivity contribution in [1.29, 1.82) is 0 Å². The molecular formula is C23H24N4O2. The second-order valence-corrected chi connectivity index (χ2v) is 7.31. The highest BCUT2D eigenvalue weighted by atomic mass is 16.2. The molecule has 1 N–H and O–H groups in total. The number of aromatic nitrogens is 1. The molecule has 6 heteroatoms. The Labute approximate surface area is 170 Å². The quantitative estimate of drug-likeness (QED) is 0.697. The summed E-state index contributed by atoms with van der Waals surface area (Å²) in [6.45, 7) is 4.85. The molecule has 148 valence electrons. The lowest BCUT2D eigenvalue weighted by molar-refractivity contribution is -0.134. The first-order valence-electron chi connectivity index (χ1n) is 9.83. The summed E-state index contributed by atoms with van der Waals surface area (Å²) in [6, 6.07) is 17.8. The van der Waals surface area contributed by atoms with Gasteiger partial charge in [0, 0.05) is 43.4 Å². The third-order valence-electron chi connectivity index (χ3n) is 5.22. The molecule has 0 bridgehead atoms. The van der Waals surface area contributed by atoms with E-state index in [1.54, 1.807) is 17.2 Å². The minimum absolute atomic E-state index is 0.139. The Bertz CT molecular complexity index is 1040. The molecule has 0 saturated carbocycles. The Hall–Kier alpha value is -3.41. The zero-order valence-corrected chi connectivity index (χ0v) is 16.5. The number of nitrogens with one attached hydrogen (secondary N) is 1. The highest BCUT2D eigenvalue weighted by Gasteiger charge is 2.23. The number of carbonyl (C=O) groups excluding carboxylic acids is 2. The van der Waals surface area contributed by atoms with Gasteiger partial charge in [-0.1, -0.05) is 30.3 Å². The summed E-state index contributed by atoms with van der Waals surface area (Å²) >= 11 is 0. The minimum Gasteiger partial charge on any atom is -0.368 e. The molecule has 3 aromatic rings. The Morgan fingerprint density at radius 2 is 1.76 bits per heavy atom. The monoisotopic (exact) mass is 388 g/mol. The minimum atomic E-state index is -0.311. The first-order valence-corrected chi connectivity index (χ1v) is 9.83. The van der Waals surface area contributed by atoms with Crippen molar-refractivity contribution in [3.63, 3.8) is 0 Å². The molecule has 1 aromatic heterocycles. The molecule has 6 nitrogen and oxygen atoms in total. The first-order chi connectivity index (χ1) is 14.1. The van der Waals surface area contributed by atoms with E-state index in [0.29, 0.717) is 18.8 Å². The van der Waals surface area contributed by atoms with Crippen LogP contribution in [0.15, 0.2) is 60.8 Å². The topological polar surface area (TPSA) is 65.5 Å². The molecule has 0 spiro atoms. The van der Waals surface area contributed by atoms with Gasteiger partial charge in [0.1, 0.15) is 6.42 Å². The SMILES string of the molecule is Cc1cccc(N2CCN(C(=O)CC(=O)Nc3cccc4cccnc34)CC2)c1. The summed E-state index contributed by atoms with van der Waals surface area (Å²) in [4.78, 5) is 33.4. The van der Waals surface area contributed by atoms with E-state index >= 15 is 0 Å². The molecule has 2 amide bonds. The lowest BCUT2D eigenvalue weighted by atomic mass is 10.2. The molecular weight excluding hydrogens is 364 g/mol. The third kappa shape index (κ3) is 4.37. The van der Waals surface area contributed by atoms with E-state index < -0.39 is 0 Å². The van der Waals surface area contributed by atoms with Crippen LogP contribution >= 0.6 is 0 Å². The molecule has 4 rings (SSSR count). The number of pyridine rings is 1. The van der Waals surface area contributed by atoms with E-state index in [1.807, 2.05) is 24.3 Å². The molecule has 0 radical (unpaired) electrons. The van der Waals surface area contributed by atoms with Crippen molar-refractivity contribution < 1.29 is 9.59 Å². The van der Waals surface area contributed by atoms with Gasteiger partial charge in [-0.3, -0.25) is 14.6 Å². The summed E-state index contributed by atoms with van der Waals surface area (Å²) in [5.41, 5.74) is 3.76. The smallest absolute Gasteiger partial charge is 0.233 e. The molecule has 2 aromatic carbocycles. The number of para-hydroxylation sites is 1. The van der Waals surface area contributed by atoms with Crippen LogP contribution in [0.5, 0.6) is 0 Å². The number of nitrogens with zero attached hydrogens (tertiary/aromatic N) is 3. The predicted molar refractivity (Wildman–Crippen MR) is 115 cm³/mol. The Morgan fingerprint density at radius 1 is 1.00 bits per heavy atom. The standard InChI is InChI=1S/C23H24N4O2/c1-17-5-2-8-19(15-17)26-11-13-27(14-12-26)22(29)16-21(28)25-20-9-3-6-18-7-4-10-24-23(18)20/h2-10,15H,11-14,16H2,1H3,(H,25,28). The highest BCUT2D eigenvalue weighted by molar-refractivity contribution is 6.07. The molecule has 1 aliphatic heterocycles. The van der Waals surface area contributed by atoms with Crippen molar-refractivity contribution in [2.24, 2.45) is 0 Å². The number of hydrogen-bond acceptors (Lipinski definition) is 4. The van der Waals surface area contributed by atoms with Crippen molar-refractivity contribution in [2.45, 2.75) is 13.3 Å².